The lowest BCUT2D eigenvalue weighted by molar-refractivity contribution is 0.296. The van der Waals surface area contributed by atoms with Crippen LogP contribution in [0.15, 0.2) is 48.5 Å². The Balaban J connectivity index is 2.11. The van der Waals surface area contributed by atoms with Gasteiger partial charge in [0, 0.05) is 5.56 Å². The van der Waals surface area contributed by atoms with Gasteiger partial charge in [0.25, 0.3) is 0 Å². The van der Waals surface area contributed by atoms with E-state index in [4.69, 9.17) is 5.21 Å². The Morgan fingerprint density at radius 2 is 1.94 bits per heavy atom. The first kappa shape index (κ1) is 10.8. The molecular formula is C13H10N3O2-. The van der Waals surface area contributed by atoms with Gasteiger partial charge in [0.05, 0.1) is 16.7 Å². The van der Waals surface area contributed by atoms with Gasteiger partial charge in [-0.05, 0) is 24.3 Å². The molecule has 3 rings (SSSR count). The number of nitrogens with one attached hydrogen (secondary N) is 1. The van der Waals surface area contributed by atoms with Crippen molar-refractivity contribution in [3.8, 4) is 11.4 Å². The first-order valence-corrected chi connectivity index (χ1v) is 5.45. The van der Waals surface area contributed by atoms with Crippen molar-refractivity contribution in [1.29, 1.82) is 0 Å². The van der Waals surface area contributed by atoms with E-state index in [1.807, 2.05) is 30.3 Å². The van der Waals surface area contributed by atoms with Gasteiger partial charge in [0.2, 0.25) is 0 Å². The fourth-order valence-electron chi connectivity index (χ4n) is 1.86. The molecule has 0 radical (unpaired) electrons. The normalized spacial score (nSPS) is 10.8. The van der Waals surface area contributed by atoms with Crippen molar-refractivity contribution in [3.63, 3.8) is 0 Å². The van der Waals surface area contributed by atoms with Crippen molar-refractivity contribution in [2.24, 2.45) is 0 Å². The minimum absolute atomic E-state index is 0.161. The van der Waals surface area contributed by atoms with Crippen molar-refractivity contribution >= 4 is 16.7 Å². The van der Waals surface area contributed by atoms with E-state index in [0.717, 1.165) is 16.6 Å². The molecule has 1 aromatic heterocycles. The third-order valence-electron chi connectivity index (χ3n) is 2.73. The molecule has 3 aromatic rings. The zero-order valence-electron chi connectivity index (χ0n) is 9.37. The van der Waals surface area contributed by atoms with Crippen LogP contribution in [0.2, 0.25) is 0 Å². The monoisotopic (exact) mass is 240 g/mol. The molecule has 5 nitrogen and oxygen atoms in total. The predicted octanol–water partition coefficient (Wildman–Crippen LogP) is 2.92. The maximum absolute atomic E-state index is 10.8. The summed E-state index contributed by atoms with van der Waals surface area (Å²) in [6.45, 7) is 0. The highest BCUT2D eigenvalue weighted by atomic mass is 16.8. The van der Waals surface area contributed by atoms with Crippen LogP contribution in [-0.2, 0) is 0 Å². The van der Waals surface area contributed by atoms with Gasteiger partial charge in [0.15, 0.2) is 0 Å². The predicted molar refractivity (Wildman–Crippen MR) is 69.2 cm³/mol. The highest BCUT2D eigenvalue weighted by molar-refractivity contribution is 5.79. The van der Waals surface area contributed by atoms with Crippen LogP contribution in [0.1, 0.15) is 0 Å². The van der Waals surface area contributed by atoms with Crippen LogP contribution in [0.5, 0.6) is 0 Å². The molecule has 0 unspecified atom stereocenters. The van der Waals surface area contributed by atoms with E-state index in [9.17, 15) is 5.21 Å². The third kappa shape index (κ3) is 1.81. The summed E-state index contributed by atoms with van der Waals surface area (Å²) in [6.07, 6.45) is 0. The lowest BCUT2D eigenvalue weighted by Crippen LogP contribution is -2.06. The molecule has 2 N–H and O–H groups in total. The van der Waals surface area contributed by atoms with Crippen molar-refractivity contribution in [3.05, 3.63) is 53.7 Å². The summed E-state index contributed by atoms with van der Waals surface area (Å²) in [6, 6.07) is 14.3. The van der Waals surface area contributed by atoms with Crippen LogP contribution < -0.4 is 5.23 Å². The summed E-state index contributed by atoms with van der Waals surface area (Å²) >= 11 is 0. The largest absolute Gasteiger partial charge is 0.733 e. The highest BCUT2D eigenvalue weighted by Gasteiger charge is 2.05. The third-order valence-corrected chi connectivity index (χ3v) is 2.73. The van der Waals surface area contributed by atoms with Crippen LogP contribution in [0.3, 0.4) is 0 Å². The Bertz CT molecular complexity index is 658. The Hall–Kier alpha value is -2.37. The van der Waals surface area contributed by atoms with Gasteiger partial charge >= 0.3 is 0 Å². The molecule has 0 aliphatic rings. The second-order valence-electron chi connectivity index (χ2n) is 3.93. The number of anilines is 1. The van der Waals surface area contributed by atoms with Gasteiger partial charge in [0.1, 0.15) is 5.82 Å². The number of aromatic nitrogens is 2. The summed E-state index contributed by atoms with van der Waals surface area (Å²) < 4.78 is 0. The smallest absolute Gasteiger partial charge is 0.138 e. The Kier molecular flexibility index (Phi) is 2.47. The molecule has 2 aromatic carbocycles. The van der Waals surface area contributed by atoms with Gasteiger partial charge in [-0.1, -0.05) is 24.3 Å². The molecule has 0 spiro atoms. The minimum atomic E-state index is -0.161. The zero-order valence-corrected chi connectivity index (χ0v) is 9.37. The van der Waals surface area contributed by atoms with Crippen LogP contribution in [-0.4, -0.2) is 15.2 Å². The number of hydrogen-bond donors (Lipinski definition) is 2. The first-order chi connectivity index (χ1) is 8.74. The fourth-order valence-corrected chi connectivity index (χ4v) is 1.86. The molecule has 0 saturated carbocycles. The van der Waals surface area contributed by atoms with Gasteiger partial charge in [-0.25, -0.2) is 4.98 Å². The molecule has 18 heavy (non-hydrogen) atoms. The van der Waals surface area contributed by atoms with Gasteiger partial charge < -0.3 is 15.4 Å². The van der Waals surface area contributed by atoms with Crippen LogP contribution in [0, 0.1) is 5.21 Å². The number of rotatable bonds is 2. The minimum Gasteiger partial charge on any atom is -0.733 e. The summed E-state index contributed by atoms with van der Waals surface area (Å²) in [4.78, 5) is 7.59. The van der Waals surface area contributed by atoms with E-state index in [0.29, 0.717) is 5.82 Å². The SMILES string of the molecule is [O-]N(O)c1cccc(-c2nc3ccccc3[nH]2)c1. The van der Waals surface area contributed by atoms with E-state index in [1.165, 1.54) is 6.07 Å². The Morgan fingerprint density at radius 3 is 2.72 bits per heavy atom. The summed E-state index contributed by atoms with van der Waals surface area (Å²) in [5, 5.41) is 19.6. The molecular weight excluding hydrogens is 230 g/mol. The number of nitrogens with zero attached hydrogens (tertiary/aromatic N) is 2. The van der Waals surface area contributed by atoms with E-state index in [-0.39, 0.29) is 10.9 Å². The Morgan fingerprint density at radius 1 is 1.11 bits per heavy atom. The maximum Gasteiger partial charge on any atom is 0.138 e. The van der Waals surface area contributed by atoms with Crippen molar-refractivity contribution < 1.29 is 5.21 Å². The van der Waals surface area contributed by atoms with E-state index in [2.05, 4.69) is 9.97 Å². The average Bonchev–Trinajstić information content (AvgIpc) is 2.82. The summed E-state index contributed by atoms with van der Waals surface area (Å²) in [5.74, 6) is 0.667. The highest BCUT2D eigenvalue weighted by Crippen LogP contribution is 2.23. The topological polar surface area (TPSA) is 75.2 Å². The Labute approximate surface area is 103 Å². The second-order valence-corrected chi connectivity index (χ2v) is 3.93. The summed E-state index contributed by atoms with van der Waals surface area (Å²) in [7, 11) is 0. The quantitative estimate of drug-likeness (QED) is 0.675. The maximum atomic E-state index is 10.8. The molecule has 0 amide bonds. The lowest BCUT2D eigenvalue weighted by atomic mass is 10.2. The average molecular weight is 240 g/mol. The van der Waals surface area contributed by atoms with E-state index >= 15 is 0 Å². The van der Waals surface area contributed by atoms with Gasteiger partial charge in [-0.15, -0.1) is 0 Å². The van der Waals surface area contributed by atoms with E-state index in [1.54, 1.807) is 12.1 Å². The molecule has 0 bridgehead atoms. The molecule has 0 aliphatic carbocycles. The first-order valence-electron chi connectivity index (χ1n) is 5.45. The molecule has 0 aliphatic heterocycles. The molecule has 90 valence electrons. The number of H-pyrrole nitrogens is 1. The van der Waals surface area contributed by atoms with Crippen LogP contribution >= 0.6 is 0 Å². The van der Waals surface area contributed by atoms with Crippen LogP contribution in [0.25, 0.3) is 22.4 Å². The molecule has 1 heterocycles. The lowest BCUT2D eigenvalue weighted by Gasteiger charge is -2.21. The van der Waals surface area contributed by atoms with Gasteiger partial charge in [-0.2, -0.15) is 0 Å². The number of imidazole rings is 1. The van der Waals surface area contributed by atoms with E-state index < -0.39 is 0 Å². The van der Waals surface area contributed by atoms with Crippen molar-refractivity contribution in [2.45, 2.75) is 0 Å². The zero-order chi connectivity index (χ0) is 12.5. The van der Waals surface area contributed by atoms with Crippen molar-refractivity contribution in [1.82, 2.24) is 9.97 Å². The molecule has 5 heteroatoms. The molecule has 0 fully saturated rings. The number of benzene rings is 2. The van der Waals surface area contributed by atoms with Crippen molar-refractivity contribution in [2.75, 3.05) is 5.23 Å². The molecule has 0 saturated heterocycles. The number of hydrogen-bond acceptors (Lipinski definition) is 4. The van der Waals surface area contributed by atoms with Crippen LogP contribution in [0.4, 0.5) is 5.69 Å². The van der Waals surface area contributed by atoms with Gasteiger partial charge in [-0.3, -0.25) is 5.21 Å². The standard InChI is InChI=1S/C13H10N3O2/c17-16(18)10-5-3-4-9(8-10)13-14-11-6-1-2-7-12(11)15-13/h1-8,17H,(H,14,15)/q-1. The number of fused-ring (bicyclic) bond motifs is 1. The summed E-state index contributed by atoms with van der Waals surface area (Å²) in [5.41, 5.74) is 2.72. The number of aromatic amines is 1. The second kappa shape index (κ2) is 4.14. The fraction of sp³-hybridized carbons (Fsp3) is 0. The molecule has 0 atom stereocenters. The number of para-hydroxylation sites is 2.